The monoisotopic (exact) mass is 299 g/mol. The zero-order valence-electron chi connectivity index (χ0n) is 11.4. The van der Waals surface area contributed by atoms with Gasteiger partial charge in [-0.1, -0.05) is 6.92 Å². The van der Waals surface area contributed by atoms with E-state index >= 15 is 0 Å². The third kappa shape index (κ3) is 8.97. The van der Waals surface area contributed by atoms with E-state index in [1.54, 1.807) is 0 Å². The quantitative estimate of drug-likeness (QED) is 0.807. The number of piperidine rings is 1. The maximum Gasteiger partial charge on any atom is 0.221 e. The molecule has 1 aliphatic rings. The highest BCUT2D eigenvalue weighted by molar-refractivity contribution is 5.85. The van der Waals surface area contributed by atoms with Crippen LogP contribution in [0, 0.1) is 5.92 Å². The number of hydrogen-bond donors (Lipinski definition) is 2. The van der Waals surface area contributed by atoms with Gasteiger partial charge >= 0.3 is 0 Å². The summed E-state index contributed by atoms with van der Waals surface area (Å²) >= 11 is 0. The van der Waals surface area contributed by atoms with Crippen LogP contribution in [0.4, 0.5) is 0 Å². The van der Waals surface area contributed by atoms with Crippen LogP contribution in [0.1, 0.15) is 33.1 Å². The average molecular weight is 300 g/mol. The van der Waals surface area contributed by atoms with Crippen LogP contribution in [0.25, 0.3) is 0 Å². The number of hydrogen-bond acceptors (Lipinski definition) is 3. The van der Waals surface area contributed by atoms with E-state index in [0.29, 0.717) is 6.42 Å². The number of carbonyl (C=O) groups is 1. The van der Waals surface area contributed by atoms with Crippen LogP contribution in [-0.2, 0) is 4.79 Å². The summed E-state index contributed by atoms with van der Waals surface area (Å²) in [4.78, 5) is 13.8. The van der Waals surface area contributed by atoms with E-state index in [0.717, 1.165) is 19.0 Å². The minimum Gasteiger partial charge on any atom is -0.355 e. The largest absolute Gasteiger partial charge is 0.355 e. The Bertz CT molecular complexity index is 227. The minimum absolute atomic E-state index is 0. The van der Waals surface area contributed by atoms with Crippen LogP contribution in [0.2, 0.25) is 0 Å². The van der Waals surface area contributed by atoms with Gasteiger partial charge in [-0.3, -0.25) is 4.79 Å². The summed E-state index contributed by atoms with van der Waals surface area (Å²) in [5.74, 6) is 0.869. The van der Waals surface area contributed by atoms with Crippen LogP contribution >= 0.6 is 24.8 Å². The molecule has 1 amide bonds. The van der Waals surface area contributed by atoms with Crippen molar-refractivity contribution in [3.63, 3.8) is 0 Å². The standard InChI is InChI=1S/C12H25N3O.2ClH/c1-10-4-3-6-15(9-10)7-5-14-12(16)8-11(2)13;;/h10-11H,3-9,13H2,1-2H3,(H,14,16);2*1H. The smallest absolute Gasteiger partial charge is 0.221 e. The number of nitrogens with two attached hydrogens (primary N) is 1. The predicted octanol–water partition coefficient (Wildman–Crippen LogP) is 1.42. The summed E-state index contributed by atoms with van der Waals surface area (Å²) in [5.41, 5.74) is 5.55. The van der Waals surface area contributed by atoms with Crippen molar-refractivity contribution in [2.24, 2.45) is 11.7 Å². The van der Waals surface area contributed by atoms with Gasteiger partial charge in [0, 0.05) is 32.1 Å². The molecule has 2 atom stereocenters. The molecule has 6 heteroatoms. The van der Waals surface area contributed by atoms with Crippen molar-refractivity contribution >= 4 is 30.7 Å². The van der Waals surface area contributed by atoms with E-state index in [4.69, 9.17) is 5.73 Å². The van der Waals surface area contributed by atoms with E-state index in [1.165, 1.54) is 25.9 Å². The second kappa shape index (κ2) is 10.9. The van der Waals surface area contributed by atoms with Crippen molar-refractivity contribution in [1.82, 2.24) is 10.2 Å². The Morgan fingerprint density at radius 1 is 1.50 bits per heavy atom. The van der Waals surface area contributed by atoms with Crippen molar-refractivity contribution < 1.29 is 4.79 Å². The average Bonchev–Trinajstić information content (AvgIpc) is 2.16. The summed E-state index contributed by atoms with van der Waals surface area (Å²) in [6.45, 7) is 8.21. The highest BCUT2D eigenvalue weighted by atomic mass is 35.5. The summed E-state index contributed by atoms with van der Waals surface area (Å²) in [6, 6.07) is -0.0463. The molecule has 3 N–H and O–H groups in total. The maximum absolute atomic E-state index is 11.3. The molecule has 1 rings (SSSR count). The van der Waals surface area contributed by atoms with Gasteiger partial charge in [0.2, 0.25) is 5.91 Å². The van der Waals surface area contributed by atoms with Crippen LogP contribution in [-0.4, -0.2) is 43.0 Å². The summed E-state index contributed by atoms with van der Waals surface area (Å²) < 4.78 is 0. The molecular formula is C12H27Cl2N3O. The molecule has 1 fully saturated rings. The Morgan fingerprint density at radius 2 is 2.17 bits per heavy atom. The van der Waals surface area contributed by atoms with Crippen LogP contribution in [0.5, 0.6) is 0 Å². The van der Waals surface area contributed by atoms with Crippen molar-refractivity contribution in [1.29, 1.82) is 0 Å². The normalized spacial score (nSPS) is 21.4. The Balaban J connectivity index is 0. The molecule has 0 bridgehead atoms. The van der Waals surface area contributed by atoms with E-state index in [9.17, 15) is 4.79 Å². The second-order valence-corrected chi connectivity index (χ2v) is 5.08. The fourth-order valence-corrected chi connectivity index (χ4v) is 2.21. The first-order valence-corrected chi connectivity index (χ1v) is 6.32. The van der Waals surface area contributed by atoms with Gasteiger partial charge < -0.3 is 16.0 Å². The molecular weight excluding hydrogens is 273 g/mol. The Morgan fingerprint density at radius 3 is 2.72 bits per heavy atom. The van der Waals surface area contributed by atoms with Gasteiger partial charge in [0.25, 0.3) is 0 Å². The number of carbonyl (C=O) groups excluding carboxylic acids is 1. The molecule has 2 unspecified atom stereocenters. The van der Waals surface area contributed by atoms with Gasteiger partial charge in [-0.2, -0.15) is 0 Å². The second-order valence-electron chi connectivity index (χ2n) is 5.08. The SMILES string of the molecule is CC(N)CC(=O)NCCN1CCCC(C)C1.Cl.Cl. The first-order chi connectivity index (χ1) is 7.58. The van der Waals surface area contributed by atoms with Crippen LogP contribution in [0.15, 0.2) is 0 Å². The number of nitrogens with one attached hydrogen (secondary N) is 1. The van der Waals surface area contributed by atoms with Crippen molar-refractivity contribution in [2.45, 2.75) is 39.2 Å². The zero-order valence-corrected chi connectivity index (χ0v) is 13.0. The van der Waals surface area contributed by atoms with Crippen LogP contribution < -0.4 is 11.1 Å². The Hall–Kier alpha value is -0.0300. The molecule has 0 aromatic rings. The molecule has 18 heavy (non-hydrogen) atoms. The first-order valence-electron chi connectivity index (χ1n) is 6.32. The zero-order chi connectivity index (χ0) is 12.0. The molecule has 4 nitrogen and oxygen atoms in total. The predicted molar refractivity (Wildman–Crippen MR) is 80.6 cm³/mol. The van der Waals surface area contributed by atoms with Gasteiger partial charge in [-0.15, -0.1) is 24.8 Å². The molecule has 0 spiro atoms. The van der Waals surface area contributed by atoms with Crippen molar-refractivity contribution in [2.75, 3.05) is 26.2 Å². The number of halogens is 2. The topological polar surface area (TPSA) is 58.4 Å². The fraction of sp³-hybridized carbons (Fsp3) is 0.917. The van der Waals surface area contributed by atoms with Crippen LogP contribution in [0.3, 0.4) is 0 Å². The lowest BCUT2D eigenvalue weighted by molar-refractivity contribution is -0.121. The molecule has 0 aromatic heterocycles. The van der Waals surface area contributed by atoms with E-state index in [2.05, 4.69) is 17.1 Å². The molecule has 110 valence electrons. The lowest BCUT2D eigenvalue weighted by atomic mass is 10.0. The van der Waals surface area contributed by atoms with E-state index in [-0.39, 0.29) is 36.8 Å². The molecule has 0 radical (unpaired) electrons. The Labute approximate surface area is 123 Å². The van der Waals surface area contributed by atoms with Gasteiger partial charge in [0.05, 0.1) is 0 Å². The first kappa shape index (κ1) is 20.3. The number of amides is 1. The molecule has 0 saturated carbocycles. The highest BCUT2D eigenvalue weighted by Gasteiger charge is 2.15. The summed E-state index contributed by atoms with van der Waals surface area (Å²) in [6.07, 6.45) is 3.05. The van der Waals surface area contributed by atoms with Gasteiger partial charge in [0.15, 0.2) is 0 Å². The minimum atomic E-state index is -0.0463. The molecule has 0 aromatic carbocycles. The van der Waals surface area contributed by atoms with Gasteiger partial charge in [-0.05, 0) is 32.2 Å². The molecule has 1 saturated heterocycles. The van der Waals surface area contributed by atoms with Gasteiger partial charge in [0.1, 0.15) is 0 Å². The summed E-state index contributed by atoms with van der Waals surface area (Å²) in [5, 5.41) is 2.92. The third-order valence-corrected chi connectivity index (χ3v) is 3.00. The molecule has 1 aliphatic heterocycles. The lowest BCUT2D eigenvalue weighted by Gasteiger charge is -2.30. The van der Waals surface area contributed by atoms with E-state index < -0.39 is 0 Å². The van der Waals surface area contributed by atoms with Crippen molar-refractivity contribution in [3.8, 4) is 0 Å². The molecule has 0 aliphatic carbocycles. The van der Waals surface area contributed by atoms with E-state index in [1.807, 2.05) is 6.92 Å². The fourth-order valence-electron chi connectivity index (χ4n) is 2.21. The van der Waals surface area contributed by atoms with Gasteiger partial charge in [-0.25, -0.2) is 0 Å². The number of nitrogens with zero attached hydrogens (tertiary/aromatic N) is 1. The molecule has 1 heterocycles. The lowest BCUT2D eigenvalue weighted by Crippen LogP contribution is -2.40. The number of likely N-dealkylation sites (tertiary alicyclic amines) is 1. The Kier molecular flexibility index (Phi) is 12.2. The maximum atomic E-state index is 11.3. The van der Waals surface area contributed by atoms with Crippen molar-refractivity contribution in [3.05, 3.63) is 0 Å². The highest BCUT2D eigenvalue weighted by Crippen LogP contribution is 2.14. The third-order valence-electron chi connectivity index (χ3n) is 3.00. The number of rotatable bonds is 5. The summed E-state index contributed by atoms with van der Waals surface area (Å²) in [7, 11) is 0.